The number of benzene rings is 1. The van der Waals surface area contributed by atoms with E-state index in [0.29, 0.717) is 22.7 Å². The summed E-state index contributed by atoms with van der Waals surface area (Å²) in [5.74, 6) is 0.586. The van der Waals surface area contributed by atoms with E-state index in [4.69, 9.17) is 4.74 Å². The lowest BCUT2D eigenvalue weighted by molar-refractivity contribution is 0.0464. The second kappa shape index (κ2) is 6.84. The van der Waals surface area contributed by atoms with Crippen LogP contribution in [0.3, 0.4) is 0 Å². The number of aryl methyl sites for hydroxylation is 2. The Morgan fingerprint density at radius 1 is 1.38 bits per heavy atom. The van der Waals surface area contributed by atoms with Crippen LogP contribution in [0.1, 0.15) is 40.0 Å². The summed E-state index contributed by atoms with van der Waals surface area (Å²) in [6.45, 7) is 2.18. The average molecular weight is 407 g/mol. The van der Waals surface area contributed by atoms with Gasteiger partial charge in [-0.25, -0.2) is 9.78 Å². The number of para-hydroxylation sites is 1. The lowest BCUT2D eigenvalue weighted by atomic mass is 9.89. The highest BCUT2D eigenvalue weighted by molar-refractivity contribution is 7.18. The maximum Gasteiger partial charge on any atom is 0.340 e. The van der Waals surface area contributed by atoms with Crippen LogP contribution in [0.15, 0.2) is 35.3 Å². The van der Waals surface area contributed by atoms with Gasteiger partial charge in [-0.3, -0.25) is 4.79 Å². The van der Waals surface area contributed by atoms with Crippen LogP contribution in [0.5, 0.6) is 0 Å². The second-order valence-corrected chi connectivity index (χ2v) is 8.88. The number of ether oxygens (including phenoxy) is 1. The Hall–Kier alpha value is -2.93. The highest BCUT2D eigenvalue weighted by Crippen LogP contribution is 2.35. The van der Waals surface area contributed by atoms with Crippen LogP contribution in [0.4, 0.5) is 0 Å². The molecule has 29 heavy (non-hydrogen) atoms. The average Bonchev–Trinajstić information content (AvgIpc) is 3.24. The summed E-state index contributed by atoms with van der Waals surface area (Å²) >= 11 is 1.59. The van der Waals surface area contributed by atoms with Crippen LogP contribution in [0.25, 0.3) is 21.1 Å². The molecule has 1 N–H and O–H groups in total. The number of hydrogen-bond donors (Lipinski definition) is 1. The molecule has 0 bridgehead atoms. The first kappa shape index (κ1) is 18.1. The third-order valence-electron chi connectivity index (χ3n) is 5.67. The molecule has 1 aliphatic rings. The van der Waals surface area contributed by atoms with Crippen molar-refractivity contribution < 1.29 is 9.53 Å². The zero-order valence-electron chi connectivity index (χ0n) is 16.3. The van der Waals surface area contributed by atoms with Crippen molar-refractivity contribution in [1.29, 1.82) is 0 Å². The van der Waals surface area contributed by atoms with Crippen molar-refractivity contribution in [1.82, 2.24) is 14.5 Å². The van der Waals surface area contributed by atoms with E-state index in [1.165, 1.54) is 4.88 Å². The molecule has 0 saturated heterocycles. The molecule has 148 valence electrons. The zero-order chi connectivity index (χ0) is 20.1. The Bertz CT molecular complexity index is 1310. The number of aromatic amines is 1. The van der Waals surface area contributed by atoms with Crippen molar-refractivity contribution in [2.24, 2.45) is 13.0 Å². The maximum absolute atomic E-state index is 12.7. The summed E-state index contributed by atoms with van der Waals surface area (Å²) in [5.41, 5.74) is 2.48. The van der Waals surface area contributed by atoms with E-state index in [9.17, 15) is 9.59 Å². The van der Waals surface area contributed by atoms with Crippen molar-refractivity contribution in [3.05, 3.63) is 62.6 Å². The number of carbonyl (C=O) groups excluding carboxylic acids is 1. The molecular weight excluding hydrogens is 386 g/mol. The van der Waals surface area contributed by atoms with Gasteiger partial charge in [-0.1, -0.05) is 25.1 Å². The lowest BCUT2D eigenvalue weighted by Gasteiger charge is -2.17. The maximum atomic E-state index is 12.7. The van der Waals surface area contributed by atoms with Gasteiger partial charge < -0.3 is 14.3 Å². The topological polar surface area (TPSA) is 77.0 Å². The molecule has 3 heterocycles. The largest absolute Gasteiger partial charge is 0.454 e. The molecule has 0 unspecified atom stereocenters. The number of carbonyl (C=O) groups is 1. The lowest BCUT2D eigenvalue weighted by Crippen LogP contribution is -2.16. The molecule has 4 aromatic rings. The van der Waals surface area contributed by atoms with Gasteiger partial charge in [0.15, 0.2) is 0 Å². The van der Waals surface area contributed by atoms with Gasteiger partial charge in [0.25, 0.3) is 5.56 Å². The Labute approximate surface area is 171 Å². The number of hydrogen-bond acceptors (Lipinski definition) is 5. The standard InChI is InChI=1S/C22H21N3O3S/c1-12-7-8-14-17(9-12)29-21-19(14)20(26)23-18(24-21)11-28-22(27)15-10-25(2)16-6-4-3-5-13(15)16/h3-6,10,12H,7-9,11H2,1-2H3,(H,23,24,26)/t12-/m1/s1. The van der Waals surface area contributed by atoms with Gasteiger partial charge in [0.1, 0.15) is 17.3 Å². The number of thiophene rings is 1. The highest BCUT2D eigenvalue weighted by Gasteiger charge is 2.23. The van der Waals surface area contributed by atoms with Crippen molar-refractivity contribution in [3.8, 4) is 0 Å². The van der Waals surface area contributed by atoms with Gasteiger partial charge in [-0.2, -0.15) is 0 Å². The number of esters is 1. The van der Waals surface area contributed by atoms with Crippen LogP contribution >= 0.6 is 11.3 Å². The summed E-state index contributed by atoms with van der Waals surface area (Å²) in [4.78, 5) is 34.7. The van der Waals surface area contributed by atoms with Gasteiger partial charge in [0, 0.05) is 29.0 Å². The second-order valence-electron chi connectivity index (χ2n) is 7.79. The quantitative estimate of drug-likeness (QED) is 0.522. The molecule has 0 spiro atoms. The molecule has 0 fully saturated rings. The number of nitrogens with one attached hydrogen (secondary N) is 1. The van der Waals surface area contributed by atoms with Gasteiger partial charge in [0.05, 0.1) is 10.9 Å². The summed E-state index contributed by atoms with van der Waals surface area (Å²) in [7, 11) is 1.89. The van der Waals surface area contributed by atoms with Crippen LogP contribution in [0.2, 0.25) is 0 Å². The first-order valence-corrected chi connectivity index (χ1v) is 10.6. The van der Waals surface area contributed by atoms with E-state index in [2.05, 4.69) is 16.9 Å². The molecule has 3 aromatic heterocycles. The number of fused-ring (bicyclic) bond motifs is 4. The van der Waals surface area contributed by atoms with E-state index in [0.717, 1.165) is 40.6 Å². The normalized spacial score (nSPS) is 16.3. The van der Waals surface area contributed by atoms with E-state index in [1.54, 1.807) is 17.5 Å². The molecule has 1 aliphatic carbocycles. The minimum absolute atomic E-state index is 0.0633. The first-order chi connectivity index (χ1) is 14.0. The Balaban J connectivity index is 1.42. The molecule has 7 heteroatoms. The molecule has 0 saturated carbocycles. The zero-order valence-corrected chi connectivity index (χ0v) is 17.1. The summed E-state index contributed by atoms with van der Waals surface area (Å²) < 4.78 is 7.38. The third kappa shape index (κ3) is 3.06. The Kier molecular flexibility index (Phi) is 4.28. The van der Waals surface area contributed by atoms with Gasteiger partial charge >= 0.3 is 5.97 Å². The van der Waals surface area contributed by atoms with Crippen molar-refractivity contribution in [3.63, 3.8) is 0 Å². The van der Waals surface area contributed by atoms with E-state index in [-0.39, 0.29) is 12.2 Å². The monoisotopic (exact) mass is 407 g/mol. The summed E-state index contributed by atoms with van der Waals surface area (Å²) in [5, 5.41) is 1.55. The van der Waals surface area contributed by atoms with Crippen molar-refractivity contribution >= 4 is 38.4 Å². The molecule has 1 aromatic carbocycles. The SMILES string of the molecule is C[C@@H]1CCc2c(sc3nc(COC(=O)c4cn(C)c5ccccc45)[nH]c(=O)c23)C1. The fourth-order valence-electron chi connectivity index (χ4n) is 4.18. The van der Waals surface area contributed by atoms with Gasteiger partial charge in [-0.05, 0) is 36.8 Å². The van der Waals surface area contributed by atoms with Crippen LogP contribution in [0, 0.1) is 5.92 Å². The Morgan fingerprint density at radius 3 is 3.07 bits per heavy atom. The van der Waals surface area contributed by atoms with Crippen LogP contribution in [-0.2, 0) is 31.2 Å². The van der Waals surface area contributed by atoms with Crippen LogP contribution in [-0.4, -0.2) is 20.5 Å². The third-order valence-corrected chi connectivity index (χ3v) is 6.82. The molecule has 0 amide bonds. The minimum Gasteiger partial charge on any atom is -0.454 e. The van der Waals surface area contributed by atoms with Crippen molar-refractivity contribution in [2.75, 3.05) is 0 Å². The summed E-state index contributed by atoms with van der Waals surface area (Å²) in [6, 6.07) is 7.68. The molecule has 1 atom stereocenters. The first-order valence-electron chi connectivity index (χ1n) is 9.76. The molecule has 0 aliphatic heterocycles. The highest BCUT2D eigenvalue weighted by atomic mass is 32.1. The predicted octanol–water partition coefficient (Wildman–Crippen LogP) is 3.96. The fraction of sp³-hybridized carbons (Fsp3) is 0.318. The summed E-state index contributed by atoms with van der Waals surface area (Å²) in [6.07, 6.45) is 4.79. The van der Waals surface area contributed by atoms with E-state index in [1.807, 2.05) is 35.9 Å². The fourth-order valence-corrected chi connectivity index (χ4v) is 5.58. The molecule has 5 rings (SSSR count). The van der Waals surface area contributed by atoms with Crippen LogP contribution < -0.4 is 5.56 Å². The molecular formula is C22H21N3O3S. The number of rotatable bonds is 3. The van der Waals surface area contributed by atoms with E-state index >= 15 is 0 Å². The number of H-pyrrole nitrogens is 1. The number of aromatic nitrogens is 3. The minimum atomic E-state index is -0.427. The molecule has 6 nitrogen and oxygen atoms in total. The van der Waals surface area contributed by atoms with Gasteiger partial charge in [0.2, 0.25) is 0 Å². The van der Waals surface area contributed by atoms with Crippen molar-refractivity contribution in [2.45, 2.75) is 32.8 Å². The molecule has 0 radical (unpaired) electrons. The smallest absolute Gasteiger partial charge is 0.340 e. The van der Waals surface area contributed by atoms with E-state index < -0.39 is 5.97 Å². The van der Waals surface area contributed by atoms with Gasteiger partial charge in [-0.15, -0.1) is 11.3 Å². The number of nitrogens with zero attached hydrogens (tertiary/aromatic N) is 2. The predicted molar refractivity (Wildman–Crippen MR) is 113 cm³/mol. The Morgan fingerprint density at radius 2 is 2.21 bits per heavy atom.